The maximum absolute atomic E-state index is 10.2. The molecule has 0 spiro atoms. The molecule has 1 aromatic heterocycles. The molecule has 0 bridgehead atoms. The molecule has 5 nitrogen and oxygen atoms in total. The van der Waals surface area contributed by atoms with Gasteiger partial charge in [0.05, 0.1) is 6.10 Å². The van der Waals surface area contributed by atoms with Crippen molar-refractivity contribution in [2.24, 2.45) is 0 Å². The maximum Gasteiger partial charge on any atom is 0.320 e. The summed E-state index contributed by atoms with van der Waals surface area (Å²) in [5, 5.41) is 21.1. The monoisotopic (exact) mass is 248 g/mol. The molecular weight excluding hydrogens is 232 g/mol. The number of nitrogens with one attached hydrogen (secondary N) is 2. The lowest BCUT2D eigenvalue weighted by molar-refractivity contribution is -0.139. The summed E-state index contributed by atoms with van der Waals surface area (Å²) in [4.78, 5) is 13.3. The molecule has 96 valence electrons. The van der Waals surface area contributed by atoms with Crippen LogP contribution in [0.1, 0.15) is 6.42 Å². The van der Waals surface area contributed by atoms with Crippen LogP contribution in [0.5, 0.6) is 0 Å². The SMILES string of the molecule is O=C(O)[C@@H]1C[C@@H](O)CN1.c1ccc2[nH]ccc2c1. The number of aliphatic carboxylic acids is 1. The van der Waals surface area contributed by atoms with Crippen LogP contribution in [0, 0.1) is 0 Å². The van der Waals surface area contributed by atoms with E-state index in [9.17, 15) is 4.79 Å². The second-order valence-electron chi connectivity index (χ2n) is 4.25. The molecular formula is C13H16N2O3. The molecule has 1 aromatic carbocycles. The van der Waals surface area contributed by atoms with E-state index < -0.39 is 18.1 Å². The van der Waals surface area contributed by atoms with E-state index >= 15 is 0 Å². The number of fused-ring (bicyclic) bond motifs is 1. The molecule has 1 saturated heterocycles. The molecule has 1 aliphatic rings. The van der Waals surface area contributed by atoms with Gasteiger partial charge >= 0.3 is 5.97 Å². The number of rotatable bonds is 1. The number of hydrogen-bond acceptors (Lipinski definition) is 3. The first kappa shape index (κ1) is 12.6. The molecule has 1 aliphatic heterocycles. The number of aromatic nitrogens is 1. The first-order valence-corrected chi connectivity index (χ1v) is 5.83. The quantitative estimate of drug-likeness (QED) is 0.605. The molecule has 5 heteroatoms. The van der Waals surface area contributed by atoms with Crippen molar-refractivity contribution >= 4 is 16.9 Å². The van der Waals surface area contributed by atoms with E-state index in [0.29, 0.717) is 13.0 Å². The van der Waals surface area contributed by atoms with Gasteiger partial charge in [0.1, 0.15) is 6.04 Å². The van der Waals surface area contributed by atoms with E-state index in [-0.39, 0.29) is 0 Å². The number of benzene rings is 1. The van der Waals surface area contributed by atoms with Crippen molar-refractivity contribution in [1.29, 1.82) is 0 Å². The van der Waals surface area contributed by atoms with Crippen molar-refractivity contribution in [3.8, 4) is 0 Å². The summed E-state index contributed by atoms with van der Waals surface area (Å²) in [6.07, 6.45) is 1.80. The van der Waals surface area contributed by atoms with E-state index in [2.05, 4.69) is 28.5 Å². The minimum absolute atomic E-state index is 0.329. The van der Waals surface area contributed by atoms with E-state index in [1.807, 2.05) is 18.3 Å². The molecule has 3 rings (SSSR count). The number of H-pyrrole nitrogens is 1. The minimum atomic E-state index is -0.883. The van der Waals surface area contributed by atoms with Crippen molar-refractivity contribution in [1.82, 2.24) is 10.3 Å². The first-order valence-electron chi connectivity index (χ1n) is 5.83. The molecule has 0 amide bonds. The summed E-state index contributed by atoms with van der Waals surface area (Å²) in [5.74, 6) is -0.883. The normalized spacial score (nSPS) is 22.5. The van der Waals surface area contributed by atoms with Gasteiger partial charge in [-0.1, -0.05) is 18.2 Å². The predicted octanol–water partition coefficient (Wildman–Crippen LogP) is 0.962. The van der Waals surface area contributed by atoms with Gasteiger partial charge in [0.25, 0.3) is 0 Å². The highest BCUT2D eigenvalue weighted by Crippen LogP contribution is 2.09. The van der Waals surface area contributed by atoms with Gasteiger partial charge in [-0.25, -0.2) is 0 Å². The average Bonchev–Trinajstić information content (AvgIpc) is 2.97. The number of carbonyl (C=O) groups is 1. The number of carboxylic acid groups (broad SMARTS) is 1. The zero-order valence-corrected chi connectivity index (χ0v) is 9.84. The summed E-state index contributed by atoms with van der Waals surface area (Å²) in [7, 11) is 0. The summed E-state index contributed by atoms with van der Waals surface area (Å²) in [6, 6.07) is 9.74. The van der Waals surface area contributed by atoms with Gasteiger partial charge in [0.2, 0.25) is 0 Å². The average molecular weight is 248 g/mol. The summed E-state index contributed by atoms with van der Waals surface area (Å²) in [5.41, 5.74) is 1.21. The fourth-order valence-corrected chi connectivity index (χ4v) is 1.90. The fraction of sp³-hybridized carbons (Fsp3) is 0.308. The van der Waals surface area contributed by atoms with Crippen LogP contribution in [0.3, 0.4) is 0 Å². The number of aromatic amines is 1. The van der Waals surface area contributed by atoms with Gasteiger partial charge in [0, 0.05) is 24.7 Å². The third kappa shape index (κ3) is 3.09. The molecule has 0 radical (unpaired) electrons. The van der Waals surface area contributed by atoms with Gasteiger partial charge in [0.15, 0.2) is 0 Å². The summed E-state index contributed by atoms with van der Waals surface area (Å²) >= 11 is 0. The lowest BCUT2D eigenvalue weighted by atomic mass is 10.2. The third-order valence-corrected chi connectivity index (χ3v) is 2.87. The van der Waals surface area contributed by atoms with E-state index in [0.717, 1.165) is 0 Å². The number of carboxylic acids is 1. The zero-order chi connectivity index (χ0) is 13.0. The van der Waals surface area contributed by atoms with E-state index in [4.69, 9.17) is 10.2 Å². The van der Waals surface area contributed by atoms with Crippen molar-refractivity contribution in [2.45, 2.75) is 18.6 Å². The van der Waals surface area contributed by atoms with Crippen LogP contribution in [-0.2, 0) is 4.79 Å². The lowest BCUT2D eigenvalue weighted by Gasteiger charge is -1.99. The Balaban J connectivity index is 0.000000134. The molecule has 0 unspecified atom stereocenters. The van der Waals surface area contributed by atoms with Crippen LogP contribution in [0.2, 0.25) is 0 Å². The van der Waals surface area contributed by atoms with E-state index in [1.165, 1.54) is 10.9 Å². The number of β-amino-alcohol motifs (C(OH)–C–C–N with tert-alkyl or cyclic N) is 1. The topological polar surface area (TPSA) is 85.3 Å². The van der Waals surface area contributed by atoms with Gasteiger partial charge < -0.3 is 20.5 Å². The molecule has 0 aliphatic carbocycles. The molecule has 2 atom stereocenters. The lowest BCUT2D eigenvalue weighted by Crippen LogP contribution is -2.29. The maximum atomic E-state index is 10.2. The number of aliphatic hydroxyl groups excluding tert-OH is 1. The van der Waals surface area contributed by atoms with Gasteiger partial charge in [-0.05, 0) is 17.5 Å². The first-order chi connectivity index (χ1) is 8.66. The third-order valence-electron chi connectivity index (χ3n) is 2.87. The van der Waals surface area contributed by atoms with Crippen molar-refractivity contribution in [2.75, 3.05) is 6.54 Å². The number of hydrogen-bond donors (Lipinski definition) is 4. The van der Waals surface area contributed by atoms with Crippen LogP contribution in [-0.4, -0.2) is 39.9 Å². The van der Waals surface area contributed by atoms with Crippen LogP contribution < -0.4 is 5.32 Å². The summed E-state index contributed by atoms with van der Waals surface area (Å²) in [6.45, 7) is 0.400. The molecule has 4 N–H and O–H groups in total. The van der Waals surface area contributed by atoms with Crippen LogP contribution in [0.4, 0.5) is 0 Å². The van der Waals surface area contributed by atoms with Crippen molar-refractivity contribution in [3.63, 3.8) is 0 Å². The Labute approximate surface area is 104 Å². The van der Waals surface area contributed by atoms with Crippen molar-refractivity contribution < 1.29 is 15.0 Å². The van der Waals surface area contributed by atoms with Gasteiger partial charge in [-0.3, -0.25) is 4.79 Å². The Bertz CT molecular complexity index is 493. The van der Waals surface area contributed by atoms with Gasteiger partial charge in [-0.2, -0.15) is 0 Å². The van der Waals surface area contributed by atoms with Crippen LogP contribution in [0.15, 0.2) is 36.5 Å². The smallest absolute Gasteiger partial charge is 0.320 e. The molecule has 18 heavy (non-hydrogen) atoms. The highest BCUT2D eigenvalue weighted by Gasteiger charge is 2.27. The predicted molar refractivity (Wildman–Crippen MR) is 68.3 cm³/mol. The summed E-state index contributed by atoms with van der Waals surface area (Å²) < 4.78 is 0. The molecule has 1 fully saturated rings. The standard InChI is InChI=1S/C8H7N.C5H9NO3/c1-2-4-8-7(3-1)5-6-9-8;7-3-1-4(5(8)9)6-2-3/h1-6,9H;3-4,6-7H,1-2H2,(H,8,9)/t;3-,4+/m.1/s1. The Kier molecular flexibility index (Phi) is 3.96. The largest absolute Gasteiger partial charge is 0.480 e. The van der Waals surface area contributed by atoms with Gasteiger partial charge in [-0.15, -0.1) is 0 Å². The van der Waals surface area contributed by atoms with E-state index in [1.54, 1.807) is 0 Å². The van der Waals surface area contributed by atoms with Crippen LogP contribution in [0.25, 0.3) is 10.9 Å². The number of aliphatic hydroxyl groups is 1. The Morgan fingerprint density at radius 3 is 2.61 bits per heavy atom. The van der Waals surface area contributed by atoms with Crippen molar-refractivity contribution in [3.05, 3.63) is 36.5 Å². The molecule has 0 saturated carbocycles. The highest BCUT2D eigenvalue weighted by atomic mass is 16.4. The second kappa shape index (κ2) is 5.66. The Morgan fingerprint density at radius 2 is 2.06 bits per heavy atom. The van der Waals surface area contributed by atoms with Crippen LogP contribution >= 0.6 is 0 Å². The second-order valence-corrected chi connectivity index (χ2v) is 4.25. The molecule has 2 heterocycles. The highest BCUT2D eigenvalue weighted by molar-refractivity contribution is 5.78. The Hall–Kier alpha value is -1.85. The molecule has 2 aromatic rings. The Morgan fingerprint density at radius 1 is 1.28 bits per heavy atom. The zero-order valence-electron chi connectivity index (χ0n) is 9.84. The number of para-hydroxylation sites is 1. The minimum Gasteiger partial charge on any atom is -0.480 e. The fourth-order valence-electron chi connectivity index (χ4n) is 1.90.